The Morgan fingerprint density at radius 1 is 1.60 bits per heavy atom. The third-order valence-corrected chi connectivity index (χ3v) is 4.32. The maximum atomic E-state index is 11.4. The molecule has 0 amide bonds. The largest absolute Gasteiger partial charge is 0.480 e. The molecule has 1 aliphatic rings. The summed E-state index contributed by atoms with van der Waals surface area (Å²) in [7, 11) is 1.71. The van der Waals surface area contributed by atoms with Crippen LogP contribution in [0, 0.1) is 0 Å². The van der Waals surface area contributed by atoms with Gasteiger partial charge >= 0.3 is 5.97 Å². The molecule has 1 saturated heterocycles. The van der Waals surface area contributed by atoms with E-state index in [-0.39, 0.29) is 6.04 Å². The number of hydrogen-bond acceptors (Lipinski definition) is 4. The summed E-state index contributed by atoms with van der Waals surface area (Å²) in [6.45, 7) is 8.75. The predicted molar refractivity (Wildman–Crippen MR) is 80.0 cm³/mol. The summed E-state index contributed by atoms with van der Waals surface area (Å²) in [4.78, 5) is 13.7. The lowest BCUT2D eigenvalue weighted by molar-refractivity contribution is -0.145. The van der Waals surface area contributed by atoms with E-state index >= 15 is 0 Å². The molecule has 0 aromatic heterocycles. The Bertz CT molecular complexity index is 311. The summed E-state index contributed by atoms with van der Waals surface area (Å²) in [5.41, 5.74) is -0.864. The number of likely N-dealkylation sites (tertiary alicyclic amines) is 1. The molecule has 0 saturated carbocycles. The summed E-state index contributed by atoms with van der Waals surface area (Å²) in [6, 6.07) is 0.233. The third-order valence-electron chi connectivity index (χ3n) is 4.32. The average Bonchev–Trinajstić information content (AvgIpc) is 2.45. The van der Waals surface area contributed by atoms with Crippen molar-refractivity contribution in [3.63, 3.8) is 0 Å². The van der Waals surface area contributed by atoms with Crippen LogP contribution in [0.25, 0.3) is 0 Å². The van der Waals surface area contributed by atoms with Crippen LogP contribution in [0.3, 0.4) is 0 Å². The molecule has 0 aromatic carbocycles. The lowest BCUT2D eigenvalue weighted by atomic mass is 9.92. The van der Waals surface area contributed by atoms with Gasteiger partial charge in [-0.15, -0.1) is 0 Å². The van der Waals surface area contributed by atoms with Crippen LogP contribution in [0.15, 0.2) is 0 Å². The second-order valence-electron chi connectivity index (χ2n) is 6.07. The van der Waals surface area contributed by atoms with E-state index in [1.165, 1.54) is 0 Å². The van der Waals surface area contributed by atoms with Gasteiger partial charge in [0.15, 0.2) is 0 Å². The van der Waals surface area contributed by atoms with Crippen molar-refractivity contribution >= 4 is 5.97 Å². The zero-order chi connectivity index (χ0) is 15.2. The van der Waals surface area contributed by atoms with E-state index in [1.807, 2.05) is 0 Å². The van der Waals surface area contributed by atoms with Gasteiger partial charge in [-0.1, -0.05) is 6.92 Å². The molecule has 20 heavy (non-hydrogen) atoms. The first-order valence-corrected chi connectivity index (χ1v) is 7.71. The highest BCUT2D eigenvalue weighted by molar-refractivity contribution is 5.78. The lowest BCUT2D eigenvalue weighted by Crippen LogP contribution is -2.53. The van der Waals surface area contributed by atoms with E-state index in [1.54, 1.807) is 14.0 Å². The number of hydrogen-bond donors (Lipinski definition) is 2. The summed E-state index contributed by atoms with van der Waals surface area (Å²) in [6.07, 6.45) is 4.19. The zero-order valence-electron chi connectivity index (χ0n) is 13.3. The number of nitrogens with one attached hydrogen (secondary N) is 1. The molecule has 1 heterocycles. The minimum absolute atomic E-state index is 0.233. The standard InChI is InChI=1S/C15H30N2O3/c1-5-9-20-13-7-6-8-17(11-13)12(2)10-15(3,16-4)14(18)19/h12-13,16H,5-11H2,1-4H3,(H,18,19). The normalized spacial score (nSPS) is 25.1. The van der Waals surface area contributed by atoms with Crippen molar-refractivity contribution in [3.05, 3.63) is 0 Å². The van der Waals surface area contributed by atoms with E-state index in [2.05, 4.69) is 24.1 Å². The molecule has 0 aliphatic carbocycles. The molecular formula is C15H30N2O3. The van der Waals surface area contributed by atoms with Gasteiger partial charge in [-0.3, -0.25) is 9.69 Å². The maximum Gasteiger partial charge on any atom is 0.323 e. The predicted octanol–water partition coefficient (Wildman–Crippen LogP) is 1.72. The van der Waals surface area contributed by atoms with Crippen LogP contribution in [-0.4, -0.2) is 60.4 Å². The van der Waals surface area contributed by atoms with Crippen molar-refractivity contribution in [1.82, 2.24) is 10.2 Å². The molecule has 2 N–H and O–H groups in total. The molecule has 1 rings (SSSR count). The summed E-state index contributed by atoms with van der Waals surface area (Å²) < 4.78 is 5.84. The Kier molecular flexibility index (Phi) is 6.92. The fourth-order valence-corrected chi connectivity index (χ4v) is 2.80. The van der Waals surface area contributed by atoms with Gasteiger partial charge in [0.2, 0.25) is 0 Å². The Morgan fingerprint density at radius 2 is 2.30 bits per heavy atom. The van der Waals surface area contributed by atoms with Crippen LogP contribution >= 0.6 is 0 Å². The van der Waals surface area contributed by atoms with E-state index < -0.39 is 11.5 Å². The Hall–Kier alpha value is -0.650. The van der Waals surface area contributed by atoms with Crippen LogP contribution in [0.5, 0.6) is 0 Å². The van der Waals surface area contributed by atoms with Gasteiger partial charge in [0.25, 0.3) is 0 Å². The Morgan fingerprint density at radius 3 is 2.85 bits per heavy atom. The molecule has 0 radical (unpaired) electrons. The van der Waals surface area contributed by atoms with Crippen LogP contribution in [-0.2, 0) is 9.53 Å². The summed E-state index contributed by atoms with van der Waals surface area (Å²) >= 11 is 0. The lowest BCUT2D eigenvalue weighted by Gasteiger charge is -2.39. The van der Waals surface area contributed by atoms with Gasteiger partial charge in [0, 0.05) is 19.2 Å². The van der Waals surface area contributed by atoms with Crippen LogP contribution in [0.4, 0.5) is 0 Å². The average molecular weight is 286 g/mol. The molecule has 118 valence electrons. The molecule has 5 heteroatoms. The van der Waals surface area contributed by atoms with Gasteiger partial charge in [-0.2, -0.15) is 0 Å². The zero-order valence-corrected chi connectivity index (χ0v) is 13.3. The second kappa shape index (κ2) is 7.96. The number of carboxylic acids is 1. The van der Waals surface area contributed by atoms with Crippen molar-refractivity contribution in [1.29, 1.82) is 0 Å². The molecular weight excluding hydrogens is 256 g/mol. The van der Waals surface area contributed by atoms with Crippen molar-refractivity contribution in [3.8, 4) is 0 Å². The SMILES string of the molecule is CCCOC1CCCN(C(C)CC(C)(NC)C(=O)O)C1. The number of ether oxygens (including phenoxy) is 1. The van der Waals surface area contributed by atoms with Gasteiger partial charge in [0.05, 0.1) is 6.10 Å². The Labute approximate surface area is 122 Å². The highest BCUT2D eigenvalue weighted by Crippen LogP contribution is 2.21. The highest BCUT2D eigenvalue weighted by atomic mass is 16.5. The minimum Gasteiger partial charge on any atom is -0.480 e. The van der Waals surface area contributed by atoms with Gasteiger partial charge in [0.1, 0.15) is 5.54 Å². The topological polar surface area (TPSA) is 61.8 Å². The number of likely N-dealkylation sites (N-methyl/N-ethyl adjacent to an activating group) is 1. The van der Waals surface area contributed by atoms with Crippen molar-refractivity contribution in [2.75, 3.05) is 26.7 Å². The van der Waals surface area contributed by atoms with Crippen LogP contribution in [0.2, 0.25) is 0 Å². The van der Waals surface area contributed by atoms with Crippen molar-refractivity contribution < 1.29 is 14.6 Å². The molecule has 0 aromatic rings. The quantitative estimate of drug-likeness (QED) is 0.711. The number of rotatable bonds is 8. The smallest absolute Gasteiger partial charge is 0.323 e. The van der Waals surface area contributed by atoms with Crippen molar-refractivity contribution in [2.24, 2.45) is 0 Å². The molecule has 1 fully saturated rings. The van der Waals surface area contributed by atoms with Gasteiger partial charge in [-0.05, 0) is 53.1 Å². The number of aliphatic carboxylic acids is 1. The first-order chi connectivity index (χ1) is 9.42. The molecule has 3 atom stereocenters. The number of carboxylic acid groups (broad SMARTS) is 1. The summed E-state index contributed by atoms with van der Waals surface area (Å²) in [5.74, 6) is -0.789. The third kappa shape index (κ3) is 4.72. The minimum atomic E-state index is -0.864. The van der Waals surface area contributed by atoms with E-state index in [0.29, 0.717) is 12.5 Å². The number of carbonyl (C=O) groups is 1. The summed E-state index contributed by atoms with van der Waals surface area (Å²) in [5, 5.41) is 12.3. The first kappa shape index (κ1) is 17.4. The molecule has 0 spiro atoms. The molecule has 0 bridgehead atoms. The van der Waals surface area contributed by atoms with Crippen LogP contribution < -0.4 is 5.32 Å². The monoisotopic (exact) mass is 286 g/mol. The van der Waals surface area contributed by atoms with E-state index in [9.17, 15) is 9.90 Å². The molecule has 5 nitrogen and oxygen atoms in total. The van der Waals surface area contributed by atoms with Gasteiger partial charge in [-0.25, -0.2) is 0 Å². The van der Waals surface area contributed by atoms with E-state index in [4.69, 9.17) is 4.74 Å². The van der Waals surface area contributed by atoms with Gasteiger partial charge < -0.3 is 15.2 Å². The number of piperidine rings is 1. The molecule has 3 unspecified atom stereocenters. The highest BCUT2D eigenvalue weighted by Gasteiger charge is 2.35. The second-order valence-corrected chi connectivity index (χ2v) is 6.07. The first-order valence-electron chi connectivity index (χ1n) is 7.71. The molecule has 1 aliphatic heterocycles. The van der Waals surface area contributed by atoms with E-state index in [0.717, 1.165) is 39.0 Å². The fraction of sp³-hybridized carbons (Fsp3) is 0.933. The Balaban J connectivity index is 2.53. The van der Waals surface area contributed by atoms with Crippen LogP contribution in [0.1, 0.15) is 46.5 Å². The maximum absolute atomic E-state index is 11.4. The van der Waals surface area contributed by atoms with Crippen molar-refractivity contribution in [2.45, 2.75) is 64.1 Å². The number of nitrogens with zero attached hydrogens (tertiary/aromatic N) is 1. The fourth-order valence-electron chi connectivity index (χ4n) is 2.80.